The fraction of sp³-hybridized carbons (Fsp3) is 0.273. The van der Waals surface area contributed by atoms with Gasteiger partial charge in [0.25, 0.3) is 5.56 Å². The first kappa shape index (κ1) is 10.9. The van der Waals surface area contributed by atoms with E-state index in [1.807, 2.05) is 12.1 Å². The second-order valence-corrected chi connectivity index (χ2v) is 5.40. The monoisotopic (exact) mass is 267 g/mol. The molecule has 6 heteroatoms. The van der Waals surface area contributed by atoms with Crippen molar-refractivity contribution in [3.05, 3.63) is 33.6 Å². The SMILES string of the molecule is CN1CCSc2nc3ccc(Cl)cc3c(=O)n21. The van der Waals surface area contributed by atoms with E-state index in [-0.39, 0.29) is 5.56 Å². The highest BCUT2D eigenvalue weighted by Gasteiger charge is 2.18. The molecule has 0 fully saturated rings. The Morgan fingerprint density at radius 2 is 2.29 bits per heavy atom. The van der Waals surface area contributed by atoms with Crippen LogP contribution in [0.3, 0.4) is 0 Å². The summed E-state index contributed by atoms with van der Waals surface area (Å²) in [5.74, 6) is 0.946. The zero-order valence-corrected chi connectivity index (χ0v) is 10.8. The van der Waals surface area contributed by atoms with Crippen LogP contribution in [-0.4, -0.2) is 29.0 Å². The number of hydrogen-bond acceptors (Lipinski definition) is 4. The average molecular weight is 268 g/mol. The van der Waals surface area contributed by atoms with E-state index in [1.165, 1.54) is 0 Å². The van der Waals surface area contributed by atoms with Crippen LogP contribution in [-0.2, 0) is 0 Å². The first-order valence-corrected chi connectivity index (χ1v) is 6.60. The number of aromatic nitrogens is 2. The summed E-state index contributed by atoms with van der Waals surface area (Å²) in [6.45, 7) is 0.839. The molecule has 3 rings (SSSR count). The molecule has 2 aromatic rings. The Morgan fingerprint density at radius 3 is 3.12 bits per heavy atom. The second kappa shape index (κ2) is 3.92. The smallest absolute Gasteiger partial charge is 0.280 e. The Kier molecular flexibility index (Phi) is 2.52. The zero-order valence-electron chi connectivity index (χ0n) is 9.18. The second-order valence-electron chi connectivity index (χ2n) is 3.90. The molecule has 0 aliphatic carbocycles. The van der Waals surface area contributed by atoms with Crippen molar-refractivity contribution in [1.29, 1.82) is 0 Å². The van der Waals surface area contributed by atoms with Gasteiger partial charge >= 0.3 is 0 Å². The topological polar surface area (TPSA) is 38.1 Å². The molecule has 0 unspecified atom stereocenters. The minimum absolute atomic E-state index is 0.0535. The Balaban J connectivity index is 2.40. The summed E-state index contributed by atoms with van der Waals surface area (Å²) in [5.41, 5.74) is 0.649. The Bertz CT molecular complexity index is 655. The molecular formula is C11H10ClN3OS. The van der Waals surface area contributed by atoms with Crippen molar-refractivity contribution in [2.75, 3.05) is 24.4 Å². The number of hydrogen-bond donors (Lipinski definition) is 0. The van der Waals surface area contributed by atoms with Crippen molar-refractivity contribution in [1.82, 2.24) is 9.66 Å². The third-order valence-corrected chi connectivity index (χ3v) is 3.91. The van der Waals surface area contributed by atoms with Crippen LogP contribution in [0.25, 0.3) is 10.9 Å². The van der Waals surface area contributed by atoms with Gasteiger partial charge in [0.15, 0.2) is 5.16 Å². The van der Waals surface area contributed by atoms with Gasteiger partial charge in [0.1, 0.15) is 0 Å². The Labute approximate surface area is 107 Å². The molecule has 0 atom stereocenters. The Hall–Kier alpha value is -1.20. The number of nitrogens with zero attached hydrogens (tertiary/aromatic N) is 3. The molecule has 0 amide bonds. The highest BCUT2D eigenvalue weighted by molar-refractivity contribution is 7.99. The fourth-order valence-electron chi connectivity index (χ4n) is 1.89. The van der Waals surface area contributed by atoms with Crippen LogP contribution in [0.5, 0.6) is 0 Å². The van der Waals surface area contributed by atoms with Crippen molar-refractivity contribution in [3.8, 4) is 0 Å². The highest BCUT2D eigenvalue weighted by Crippen LogP contribution is 2.22. The molecule has 0 bridgehead atoms. The number of halogens is 1. The predicted molar refractivity (Wildman–Crippen MR) is 70.7 cm³/mol. The third-order valence-electron chi connectivity index (χ3n) is 2.77. The number of fused-ring (bicyclic) bond motifs is 2. The molecule has 1 aliphatic heterocycles. The predicted octanol–water partition coefficient (Wildman–Crippen LogP) is 1.72. The van der Waals surface area contributed by atoms with Crippen molar-refractivity contribution in [2.45, 2.75) is 5.16 Å². The van der Waals surface area contributed by atoms with Crippen LogP contribution in [0.4, 0.5) is 0 Å². The number of rotatable bonds is 0. The van der Waals surface area contributed by atoms with Crippen LogP contribution < -0.4 is 10.6 Å². The molecule has 1 aliphatic rings. The first-order chi connectivity index (χ1) is 8.16. The van der Waals surface area contributed by atoms with Gasteiger partial charge in [-0.3, -0.25) is 4.79 Å². The van der Waals surface area contributed by atoms with E-state index in [1.54, 1.807) is 34.6 Å². The van der Waals surface area contributed by atoms with Gasteiger partial charge in [-0.1, -0.05) is 23.4 Å². The maximum absolute atomic E-state index is 12.3. The molecule has 2 heterocycles. The maximum Gasteiger partial charge on any atom is 0.280 e. The van der Waals surface area contributed by atoms with Crippen LogP contribution in [0.1, 0.15) is 0 Å². The van der Waals surface area contributed by atoms with E-state index in [0.717, 1.165) is 17.5 Å². The molecule has 88 valence electrons. The molecule has 1 aromatic carbocycles. The van der Waals surface area contributed by atoms with Gasteiger partial charge in [-0.05, 0) is 18.2 Å². The summed E-state index contributed by atoms with van der Waals surface area (Å²) in [7, 11) is 1.89. The van der Waals surface area contributed by atoms with E-state index < -0.39 is 0 Å². The summed E-state index contributed by atoms with van der Waals surface area (Å²) in [6.07, 6.45) is 0. The summed E-state index contributed by atoms with van der Waals surface area (Å²) < 4.78 is 1.62. The van der Waals surface area contributed by atoms with Crippen molar-refractivity contribution in [3.63, 3.8) is 0 Å². The summed E-state index contributed by atoms with van der Waals surface area (Å²) in [6, 6.07) is 5.21. The number of benzene rings is 1. The number of thioether (sulfide) groups is 1. The summed E-state index contributed by atoms with van der Waals surface area (Å²) in [5, 5.41) is 3.76. The van der Waals surface area contributed by atoms with Gasteiger partial charge in [0.2, 0.25) is 0 Å². The molecular weight excluding hydrogens is 258 g/mol. The van der Waals surface area contributed by atoms with E-state index in [9.17, 15) is 4.79 Å². The molecule has 0 saturated carbocycles. The molecule has 1 aromatic heterocycles. The quantitative estimate of drug-likeness (QED) is 0.682. The van der Waals surface area contributed by atoms with E-state index in [2.05, 4.69) is 4.98 Å². The van der Waals surface area contributed by atoms with E-state index >= 15 is 0 Å². The average Bonchev–Trinajstić information content (AvgIpc) is 2.30. The van der Waals surface area contributed by atoms with Gasteiger partial charge in [0, 0.05) is 24.4 Å². The molecule has 0 spiro atoms. The van der Waals surface area contributed by atoms with Crippen molar-refractivity contribution in [2.24, 2.45) is 0 Å². The van der Waals surface area contributed by atoms with E-state index in [0.29, 0.717) is 15.9 Å². The minimum Gasteiger partial charge on any atom is -0.310 e. The summed E-state index contributed by atoms with van der Waals surface area (Å²) in [4.78, 5) is 16.8. The zero-order chi connectivity index (χ0) is 12.0. The fourth-order valence-corrected chi connectivity index (χ4v) is 3.11. The largest absolute Gasteiger partial charge is 0.310 e. The van der Waals surface area contributed by atoms with Crippen LogP contribution >= 0.6 is 23.4 Å². The molecule has 0 saturated heterocycles. The van der Waals surface area contributed by atoms with Crippen molar-refractivity contribution >= 4 is 34.3 Å². The summed E-state index contributed by atoms with van der Waals surface area (Å²) >= 11 is 7.52. The van der Waals surface area contributed by atoms with Gasteiger partial charge in [-0.15, -0.1) is 0 Å². The lowest BCUT2D eigenvalue weighted by molar-refractivity contribution is 0.568. The standard InChI is InChI=1S/C11H10ClN3OS/c1-14-4-5-17-11-13-9-3-2-7(12)6-8(9)10(16)15(11)14/h2-3,6H,4-5H2,1H3. The normalized spacial score (nSPS) is 15.1. The lowest BCUT2D eigenvalue weighted by atomic mass is 10.2. The van der Waals surface area contributed by atoms with Gasteiger partial charge in [-0.2, -0.15) is 4.68 Å². The molecule has 0 N–H and O–H groups in total. The lowest BCUT2D eigenvalue weighted by Gasteiger charge is -2.28. The van der Waals surface area contributed by atoms with Gasteiger partial charge in [-0.25, -0.2) is 4.98 Å². The Morgan fingerprint density at radius 1 is 1.47 bits per heavy atom. The van der Waals surface area contributed by atoms with Gasteiger partial charge in [0.05, 0.1) is 10.9 Å². The van der Waals surface area contributed by atoms with Crippen molar-refractivity contribution < 1.29 is 0 Å². The van der Waals surface area contributed by atoms with Gasteiger partial charge < -0.3 is 5.01 Å². The van der Waals surface area contributed by atoms with E-state index in [4.69, 9.17) is 11.6 Å². The highest BCUT2D eigenvalue weighted by atomic mass is 35.5. The maximum atomic E-state index is 12.3. The molecule has 17 heavy (non-hydrogen) atoms. The molecule has 0 radical (unpaired) electrons. The van der Waals surface area contributed by atoms with Crippen LogP contribution in [0.15, 0.2) is 28.2 Å². The first-order valence-electron chi connectivity index (χ1n) is 5.23. The molecule has 4 nitrogen and oxygen atoms in total. The van der Waals surface area contributed by atoms with Crippen LogP contribution in [0, 0.1) is 0 Å². The van der Waals surface area contributed by atoms with Crippen LogP contribution in [0.2, 0.25) is 5.02 Å². The minimum atomic E-state index is -0.0535. The third kappa shape index (κ3) is 1.70. The lowest BCUT2D eigenvalue weighted by Crippen LogP contribution is -2.44.